The number of hydrogen-bond donors (Lipinski definition) is 1. The highest BCUT2D eigenvalue weighted by Gasteiger charge is 2.26. The number of amides is 2. The molecule has 0 atom stereocenters. The van der Waals surface area contributed by atoms with Crippen molar-refractivity contribution in [3.05, 3.63) is 69.9 Å². The minimum atomic E-state index is -0.534. The van der Waals surface area contributed by atoms with E-state index >= 15 is 0 Å². The topological polar surface area (TPSA) is 142 Å². The summed E-state index contributed by atoms with van der Waals surface area (Å²) in [4.78, 5) is 37.7. The Morgan fingerprint density at radius 3 is 2.59 bits per heavy atom. The van der Waals surface area contributed by atoms with Gasteiger partial charge in [0.25, 0.3) is 17.5 Å². The summed E-state index contributed by atoms with van der Waals surface area (Å²) in [5, 5.41) is 17.6. The normalized spacial score (nSPS) is 13.5. The fourth-order valence-corrected chi connectivity index (χ4v) is 3.44. The third-order valence-electron chi connectivity index (χ3n) is 5.20. The average molecular weight is 469 g/mol. The van der Waals surface area contributed by atoms with Crippen LogP contribution in [-0.4, -0.2) is 57.7 Å². The first kappa shape index (κ1) is 23.0. The maximum atomic E-state index is 13.0. The van der Waals surface area contributed by atoms with Gasteiger partial charge in [-0.3, -0.25) is 24.4 Å². The van der Waals surface area contributed by atoms with Gasteiger partial charge in [-0.2, -0.15) is 5.10 Å². The molecule has 2 amide bonds. The molecule has 1 saturated heterocycles. The molecule has 1 fully saturated rings. The highest BCUT2D eigenvalue weighted by Crippen LogP contribution is 2.21. The Morgan fingerprint density at radius 1 is 1.18 bits per heavy atom. The van der Waals surface area contributed by atoms with Crippen molar-refractivity contribution in [2.75, 3.05) is 31.6 Å². The predicted molar refractivity (Wildman–Crippen MR) is 119 cm³/mol. The monoisotopic (exact) mass is 469 g/mol. The molecule has 0 spiro atoms. The van der Waals surface area contributed by atoms with Crippen molar-refractivity contribution >= 4 is 23.2 Å². The molecule has 12 nitrogen and oxygen atoms in total. The maximum Gasteiger partial charge on any atom is 0.291 e. The molecule has 178 valence electrons. The van der Waals surface area contributed by atoms with Crippen LogP contribution in [0.5, 0.6) is 5.75 Å². The van der Waals surface area contributed by atoms with Gasteiger partial charge in [-0.05, 0) is 31.2 Å². The molecule has 1 N–H and O–H groups in total. The van der Waals surface area contributed by atoms with Gasteiger partial charge in [-0.1, -0.05) is 0 Å². The molecule has 4 rings (SSSR count). The van der Waals surface area contributed by atoms with E-state index in [2.05, 4.69) is 10.4 Å². The van der Waals surface area contributed by atoms with Crippen LogP contribution in [0.3, 0.4) is 0 Å². The Balaban J connectivity index is 1.41. The van der Waals surface area contributed by atoms with E-state index in [1.807, 2.05) is 6.92 Å². The number of nitrogens with zero attached hydrogens (tertiary/aromatic N) is 4. The van der Waals surface area contributed by atoms with Gasteiger partial charge in [-0.15, -0.1) is 0 Å². The predicted octanol–water partition coefficient (Wildman–Crippen LogP) is 2.71. The lowest BCUT2D eigenvalue weighted by Crippen LogP contribution is -2.41. The molecule has 34 heavy (non-hydrogen) atoms. The maximum absolute atomic E-state index is 13.0. The highest BCUT2D eigenvalue weighted by atomic mass is 16.6. The number of non-ortho nitro benzene ring substituents is 1. The Hall–Kier alpha value is -4.19. The number of carbonyl (C=O) groups excluding carboxylic acids is 2. The summed E-state index contributed by atoms with van der Waals surface area (Å²) in [6.07, 6.45) is 1.44. The molecule has 0 saturated carbocycles. The van der Waals surface area contributed by atoms with Crippen LogP contribution in [0.1, 0.15) is 33.7 Å². The second kappa shape index (κ2) is 10.2. The average Bonchev–Trinajstić information content (AvgIpc) is 3.50. The van der Waals surface area contributed by atoms with Crippen LogP contribution in [0.4, 0.5) is 11.4 Å². The molecule has 2 aromatic heterocycles. The summed E-state index contributed by atoms with van der Waals surface area (Å²) < 4.78 is 18.0. The Bertz CT molecular complexity index is 1180. The fraction of sp³-hybridized carbons (Fsp3) is 0.318. The number of nitrogens with one attached hydrogen (secondary N) is 1. The number of morpholine rings is 1. The molecule has 0 aliphatic carbocycles. The van der Waals surface area contributed by atoms with Gasteiger partial charge in [0.15, 0.2) is 5.76 Å². The first-order chi connectivity index (χ1) is 16.5. The second-order valence-corrected chi connectivity index (χ2v) is 7.39. The lowest BCUT2D eigenvalue weighted by molar-refractivity contribution is -0.384. The number of ether oxygens (including phenoxy) is 2. The Kier molecular flexibility index (Phi) is 6.87. The summed E-state index contributed by atoms with van der Waals surface area (Å²) in [5.41, 5.74) is 0.552. The van der Waals surface area contributed by atoms with E-state index in [-0.39, 0.29) is 24.0 Å². The van der Waals surface area contributed by atoms with Gasteiger partial charge in [0.05, 0.1) is 30.0 Å². The van der Waals surface area contributed by atoms with Crippen molar-refractivity contribution in [3.63, 3.8) is 0 Å². The van der Waals surface area contributed by atoms with E-state index in [1.54, 1.807) is 15.6 Å². The highest BCUT2D eigenvalue weighted by molar-refractivity contribution is 6.07. The largest absolute Gasteiger partial charge is 0.486 e. The number of anilines is 1. The van der Waals surface area contributed by atoms with Gasteiger partial charge >= 0.3 is 0 Å². The lowest BCUT2D eigenvalue weighted by atomic mass is 10.2. The molecule has 12 heteroatoms. The van der Waals surface area contributed by atoms with Crippen LogP contribution < -0.4 is 10.1 Å². The van der Waals surface area contributed by atoms with Crippen molar-refractivity contribution in [2.45, 2.75) is 20.1 Å². The smallest absolute Gasteiger partial charge is 0.291 e. The number of nitro benzene ring substituents is 1. The number of carbonyl (C=O) groups is 2. The van der Waals surface area contributed by atoms with E-state index in [1.165, 1.54) is 36.5 Å². The van der Waals surface area contributed by atoms with Crippen molar-refractivity contribution in [3.8, 4) is 5.75 Å². The van der Waals surface area contributed by atoms with E-state index in [9.17, 15) is 19.7 Å². The minimum absolute atomic E-state index is 0.0274. The van der Waals surface area contributed by atoms with Crippen LogP contribution in [0.2, 0.25) is 0 Å². The van der Waals surface area contributed by atoms with E-state index in [0.717, 1.165) is 0 Å². The van der Waals surface area contributed by atoms with Crippen LogP contribution in [0.15, 0.2) is 47.0 Å². The van der Waals surface area contributed by atoms with E-state index < -0.39 is 10.8 Å². The third-order valence-corrected chi connectivity index (χ3v) is 5.20. The third kappa shape index (κ3) is 5.07. The fourth-order valence-electron chi connectivity index (χ4n) is 3.44. The molecule has 1 aliphatic rings. The van der Waals surface area contributed by atoms with E-state index in [4.69, 9.17) is 13.9 Å². The number of rotatable bonds is 8. The number of hydrogen-bond acceptors (Lipinski definition) is 8. The van der Waals surface area contributed by atoms with Crippen LogP contribution in [0.25, 0.3) is 0 Å². The van der Waals surface area contributed by atoms with Crippen molar-refractivity contribution in [1.82, 2.24) is 14.7 Å². The molecule has 1 aliphatic heterocycles. The zero-order valence-corrected chi connectivity index (χ0v) is 18.4. The number of nitro groups is 1. The van der Waals surface area contributed by atoms with Crippen LogP contribution in [0, 0.1) is 10.1 Å². The van der Waals surface area contributed by atoms with Crippen LogP contribution in [-0.2, 0) is 17.9 Å². The van der Waals surface area contributed by atoms with Gasteiger partial charge in [0, 0.05) is 31.8 Å². The molecular formula is C22H23N5O7. The SMILES string of the molecule is CCn1ncc(NC(=O)c2ccc(COc3ccc([N+](=O)[O-])cc3)o2)c1C(=O)N1CCOCC1. The van der Waals surface area contributed by atoms with Gasteiger partial charge in [0.1, 0.15) is 23.8 Å². The summed E-state index contributed by atoms with van der Waals surface area (Å²) in [7, 11) is 0. The molecular weight excluding hydrogens is 446 g/mol. The summed E-state index contributed by atoms with van der Waals surface area (Å²) in [6.45, 7) is 4.22. The number of aryl methyl sites for hydroxylation is 1. The molecule has 3 aromatic rings. The number of furan rings is 1. The zero-order chi connectivity index (χ0) is 24.1. The number of aromatic nitrogens is 2. The summed E-state index contributed by atoms with van der Waals surface area (Å²) in [5.74, 6) is 0.0859. The van der Waals surface area contributed by atoms with Crippen LogP contribution >= 0.6 is 0 Å². The van der Waals surface area contributed by atoms with Gasteiger partial charge in [0.2, 0.25) is 0 Å². The second-order valence-electron chi connectivity index (χ2n) is 7.39. The molecule has 3 heterocycles. The summed E-state index contributed by atoms with van der Waals surface area (Å²) >= 11 is 0. The first-order valence-corrected chi connectivity index (χ1v) is 10.7. The molecule has 0 unspecified atom stereocenters. The van der Waals surface area contributed by atoms with E-state index in [0.29, 0.717) is 55.7 Å². The molecule has 0 radical (unpaired) electrons. The Morgan fingerprint density at radius 2 is 1.91 bits per heavy atom. The van der Waals surface area contributed by atoms with Crippen molar-refractivity contribution in [1.29, 1.82) is 0 Å². The lowest BCUT2D eigenvalue weighted by Gasteiger charge is -2.27. The number of benzene rings is 1. The minimum Gasteiger partial charge on any atom is -0.486 e. The molecule has 0 bridgehead atoms. The van der Waals surface area contributed by atoms with Crippen molar-refractivity contribution < 1.29 is 28.4 Å². The quantitative estimate of drug-likeness (QED) is 0.392. The standard InChI is InChI=1S/C22H23N5O7/c1-2-26-20(22(29)25-9-11-32-12-10-25)18(13-23-26)24-21(28)19-8-7-17(34-19)14-33-16-5-3-15(4-6-16)27(30)31/h3-8,13H,2,9-12,14H2,1H3,(H,24,28). The molecule has 1 aromatic carbocycles. The van der Waals surface area contributed by atoms with Gasteiger partial charge in [-0.25, -0.2) is 0 Å². The zero-order valence-electron chi connectivity index (χ0n) is 18.4. The Labute approximate surface area is 194 Å². The summed E-state index contributed by atoms with van der Waals surface area (Å²) in [6, 6.07) is 8.72. The first-order valence-electron chi connectivity index (χ1n) is 10.7. The van der Waals surface area contributed by atoms with Crippen molar-refractivity contribution in [2.24, 2.45) is 0 Å². The van der Waals surface area contributed by atoms with Gasteiger partial charge < -0.3 is 24.1 Å².